The van der Waals surface area contributed by atoms with Crippen molar-refractivity contribution in [1.29, 1.82) is 0 Å². The van der Waals surface area contributed by atoms with E-state index in [1.807, 2.05) is 13.0 Å². The topological polar surface area (TPSA) is 102 Å². The zero-order valence-electron chi connectivity index (χ0n) is 12.0. The third-order valence-electron chi connectivity index (χ3n) is 3.48. The molecule has 1 fully saturated rings. The lowest BCUT2D eigenvalue weighted by Gasteiger charge is -2.11. The Balaban J connectivity index is 1.54. The van der Waals surface area contributed by atoms with Crippen LogP contribution in [0.1, 0.15) is 36.1 Å². The zero-order chi connectivity index (χ0) is 14.5. The van der Waals surface area contributed by atoms with Gasteiger partial charge in [0.05, 0.1) is 12.3 Å². The molecule has 0 aliphatic carbocycles. The number of nitrogens with zero attached hydrogens (tertiary/aromatic N) is 5. The van der Waals surface area contributed by atoms with Crippen LogP contribution in [0.3, 0.4) is 0 Å². The van der Waals surface area contributed by atoms with E-state index in [0.29, 0.717) is 5.92 Å². The quantitative estimate of drug-likeness (QED) is 0.760. The van der Waals surface area contributed by atoms with E-state index in [-0.39, 0.29) is 0 Å². The minimum atomic E-state index is 0.395. The molecule has 0 unspecified atom stereocenters. The van der Waals surface area contributed by atoms with Gasteiger partial charge >= 0.3 is 0 Å². The SMILES string of the molecule is Cc1nc(NCCCc2nn[nH]n2)cc([C@@H]2CCOC2)n1. The van der Waals surface area contributed by atoms with Crippen molar-refractivity contribution in [3.05, 3.63) is 23.4 Å². The van der Waals surface area contributed by atoms with Crippen LogP contribution < -0.4 is 5.32 Å². The van der Waals surface area contributed by atoms with Crippen LogP contribution in [0.4, 0.5) is 5.82 Å². The van der Waals surface area contributed by atoms with Crippen molar-refractivity contribution in [1.82, 2.24) is 30.6 Å². The van der Waals surface area contributed by atoms with Crippen LogP contribution in [-0.4, -0.2) is 50.4 Å². The molecule has 112 valence electrons. The first-order chi connectivity index (χ1) is 10.3. The van der Waals surface area contributed by atoms with Crippen molar-refractivity contribution in [3.8, 4) is 0 Å². The monoisotopic (exact) mass is 289 g/mol. The second-order valence-corrected chi connectivity index (χ2v) is 5.14. The molecular formula is C13H19N7O. The van der Waals surface area contributed by atoms with E-state index in [9.17, 15) is 0 Å². The normalized spacial score (nSPS) is 18.0. The fourth-order valence-electron chi connectivity index (χ4n) is 2.41. The predicted octanol–water partition coefficient (Wildman–Crippen LogP) is 0.847. The van der Waals surface area contributed by atoms with E-state index < -0.39 is 0 Å². The summed E-state index contributed by atoms with van der Waals surface area (Å²) in [5.74, 6) is 2.80. The van der Waals surface area contributed by atoms with Gasteiger partial charge in [0.25, 0.3) is 0 Å². The molecule has 2 aromatic heterocycles. The second kappa shape index (κ2) is 6.57. The predicted molar refractivity (Wildman–Crippen MR) is 75.9 cm³/mol. The highest BCUT2D eigenvalue weighted by Gasteiger charge is 2.20. The highest BCUT2D eigenvalue weighted by Crippen LogP contribution is 2.24. The van der Waals surface area contributed by atoms with Crippen LogP contribution in [0.5, 0.6) is 0 Å². The van der Waals surface area contributed by atoms with Crippen LogP contribution in [-0.2, 0) is 11.2 Å². The van der Waals surface area contributed by atoms with Gasteiger partial charge in [0.15, 0.2) is 5.82 Å². The van der Waals surface area contributed by atoms with E-state index in [2.05, 4.69) is 35.9 Å². The lowest BCUT2D eigenvalue weighted by Crippen LogP contribution is -2.09. The summed E-state index contributed by atoms with van der Waals surface area (Å²) in [6.45, 7) is 4.31. The van der Waals surface area contributed by atoms with Crippen molar-refractivity contribution in [2.24, 2.45) is 0 Å². The zero-order valence-corrected chi connectivity index (χ0v) is 12.0. The average molecular weight is 289 g/mol. The number of aromatic amines is 1. The highest BCUT2D eigenvalue weighted by molar-refractivity contribution is 5.37. The van der Waals surface area contributed by atoms with Gasteiger partial charge in [-0.2, -0.15) is 5.21 Å². The lowest BCUT2D eigenvalue weighted by molar-refractivity contribution is 0.193. The van der Waals surface area contributed by atoms with Gasteiger partial charge in [0.2, 0.25) is 0 Å². The lowest BCUT2D eigenvalue weighted by atomic mass is 10.0. The first-order valence-electron chi connectivity index (χ1n) is 7.21. The number of anilines is 1. The summed E-state index contributed by atoms with van der Waals surface area (Å²) in [5.41, 5.74) is 1.07. The number of tetrazole rings is 1. The molecule has 0 saturated carbocycles. The minimum absolute atomic E-state index is 0.395. The van der Waals surface area contributed by atoms with Crippen LogP contribution in [0.2, 0.25) is 0 Å². The van der Waals surface area contributed by atoms with Crippen molar-refractivity contribution < 1.29 is 4.74 Å². The number of aryl methyl sites for hydroxylation is 2. The Morgan fingerprint density at radius 3 is 3.14 bits per heavy atom. The van der Waals surface area contributed by atoms with Crippen LogP contribution in [0, 0.1) is 6.92 Å². The molecule has 3 rings (SSSR count). The molecule has 1 aliphatic rings. The number of ether oxygens (including phenoxy) is 1. The van der Waals surface area contributed by atoms with Crippen LogP contribution in [0.15, 0.2) is 6.07 Å². The molecule has 0 radical (unpaired) electrons. The van der Waals surface area contributed by atoms with Crippen molar-refractivity contribution in [3.63, 3.8) is 0 Å². The van der Waals surface area contributed by atoms with Crippen molar-refractivity contribution in [2.75, 3.05) is 25.1 Å². The average Bonchev–Trinajstić information content (AvgIpc) is 3.16. The fourth-order valence-corrected chi connectivity index (χ4v) is 2.41. The summed E-state index contributed by atoms with van der Waals surface area (Å²) < 4.78 is 5.43. The van der Waals surface area contributed by atoms with Crippen LogP contribution in [0.25, 0.3) is 0 Å². The van der Waals surface area contributed by atoms with Crippen molar-refractivity contribution >= 4 is 5.82 Å². The molecule has 8 heteroatoms. The smallest absolute Gasteiger partial charge is 0.174 e. The second-order valence-electron chi connectivity index (χ2n) is 5.14. The maximum atomic E-state index is 5.43. The molecule has 1 aliphatic heterocycles. The van der Waals surface area contributed by atoms with Gasteiger partial charge in [0.1, 0.15) is 11.6 Å². The molecule has 3 heterocycles. The number of hydrogen-bond acceptors (Lipinski definition) is 7. The molecule has 2 N–H and O–H groups in total. The third-order valence-corrected chi connectivity index (χ3v) is 3.48. The molecule has 1 saturated heterocycles. The van der Waals surface area contributed by atoms with Gasteiger partial charge in [-0.3, -0.25) is 0 Å². The number of rotatable bonds is 6. The van der Waals surface area contributed by atoms with Gasteiger partial charge in [-0.1, -0.05) is 5.21 Å². The van der Waals surface area contributed by atoms with Gasteiger partial charge in [-0.25, -0.2) is 9.97 Å². The first kappa shape index (κ1) is 13.9. The molecule has 8 nitrogen and oxygen atoms in total. The Bertz CT molecular complexity index is 566. The Hall–Kier alpha value is -2.09. The maximum Gasteiger partial charge on any atom is 0.174 e. The summed E-state index contributed by atoms with van der Waals surface area (Å²) >= 11 is 0. The largest absolute Gasteiger partial charge is 0.381 e. The van der Waals surface area contributed by atoms with Gasteiger partial charge in [-0.05, 0) is 19.8 Å². The summed E-state index contributed by atoms with van der Waals surface area (Å²) in [6, 6.07) is 2.03. The molecule has 2 aromatic rings. The fraction of sp³-hybridized carbons (Fsp3) is 0.615. The number of aromatic nitrogens is 6. The van der Waals surface area contributed by atoms with Gasteiger partial charge in [-0.15, -0.1) is 10.2 Å². The summed E-state index contributed by atoms with van der Waals surface area (Å²) in [5, 5.41) is 17.2. The summed E-state index contributed by atoms with van der Waals surface area (Å²) in [6.07, 6.45) is 2.75. The molecule has 0 spiro atoms. The number of H-pyrrole nitrogens is 1. The van der Waals surface area contributed by atoms with Gasteiger partial charge in [0, 0.05) is 31.6 Å². The molecule has 0 bridgehead atoms. The van der Waals surface area contributed by atoms with E-state index in [4.69, 9.17) is 4.74 Å². The van der Waals surface area contributed by atoms with E-state index in [1.165, 1.54) is 0 Å². The van der Waals surface area contributed by atoms with E-state index in [1.54, 1.807) is 0 Å². The van der Waals surface area contributed by atoms with Crippen molar-refractivity contribution in [2.45, 2.75) is 32.1 Å². The minimum Gasteiger partial charge on any atom is -0.381 e. The molecule has 0 aromatic carbocycles. The van der Waals surface area contributed by atoms with E-state index >= 15 is 0 Å². The summed E-state index contributed by atoms with van der Waals surface area (Å²) in [4.78, 5) is 8.95. The Morgan fingerprint density at radius 1 is 1.43 bits per heavy atom. The first-order valence-corrected chi connectivity index (χ1v) is 7.21. The van der Waals surface area contributed by atoms with E-state index in [0.717, 1.165) is 62.2 Å². The molecule has 21 heavy (non-hydrogen) atoms. The maximum absolute atomic E-state index is 5.43. The van der Waals surface area contributed by atoms with Gasteiger partial charge < -0.3 is 10.1 Å². The number of nitrogens with one attached hydrogen (secondary N) is 2. The Morgan fingerprint density at radius 2 is 2.38 bits per heavy atom. The number of hydrogen-bond donors (Lipinski definition) is 2. The molecule has 0 amide bonds. The van der Waals surface area contributed by atoms with Crippen LogP contribution >= 0.6 is 0 Å². The Kier molecular flexibility index (Phi) is 4.34. The molecule has 1 atom stereocenters. The Labute approximate surface area is 122 Å². The third kappa shape index (κ3) is 3.72. The highest BCUT2D eigenvalue weighted by atomic mass is 16.5. The molecular weight excluding hydrogens is 270 g/mol. The standard InChI is InChI=1S/C13H19N7O/c1-9-15-11(10-4-6-21-8-10)7-13(16-9)14-5-2-3-12-17-19-20-18-12/h7,10H,2-6,8H2,1H3,(H,14,15,16)(H,17,18,19,20)/t10-/m1/s1. The summed E-state index contributed by atoms with van der Waals surface area (Å²) in [7, 11) is 0.